The highest BCUT2D eigenvalue weighted by Gasteiger charge is 2.35. The number of benzene rings is 1. The Balaban J connectivity index is 2.20. The Morgan fingerprint density at radius 3 is 2.81 bits per heavy atom. The number of carbonyl (C=O) groups excluding carboxylic acids is 1. The summed E-state index contributed by atoms with van der Waals surface area (Å²) < 4.78 is 13.5. The zero-order chi connectivity index (χ0) is 11.6. The molecule has 1 aromatic rings. The van der Waals surface area contributed by atoms with Crippen molar-refractivity contribution < 1.29 is 9.18 Å². The molecule has 2 rings (SSSR count). The number of rotatable bonds is 2. The normalized spacial score (nSPS) is 25.2. The van der Waals surface area contributed by atoms with E-state index < -0.39 is 5.54 Å². The van der Waals surface area contributed by atoms with Crippen molar-refractivity contribution in [2.24, 2.45) is 0 Å². The molecule has 86 valence electrons. The number of amides is 1. The van der Waals surface area contributed by atoms with Crippen LogP contribution in [0.3, 0.4) is 0 Å². The monoisotopic (exact) mass is 222 g/mol. The van der Waals surface area contributed by atoms with Crippen molar-refractivity contribution >= 4 is 5.91 Å². The molecule has 0 spiro atoms. The average molecular weight is 222 g/mol. The molecule has 0 aromatic heterocycles. The van der Waals surface area contributed by atoms with Gasteiger partial charge in [-0.05, 0) is 18.6 Å². The molecule has 1 aliphatic heterocycles. The second-order valence-electron chi connectivity index (χ2n) is 4.28. The zero-order valence-corrected chi connectivity index (χ0v) is 9.22. The Kier molecular flexibility index (Phi) is 2.92. The van der Waals surface area contributed by atoms with E-state index in [-0.39, 0.29) is 11.7 Å². The maximum absolute atomic E-state index is 13.5. The van der Waals surface area contributed by atoms with Gasteiger partial charge in [-0.2, -0.15) is 0 Å². The zero-order valence-electron chi connectivity index (χ0n) is 9.22. The van der Waals surface area contributed by atoms with Gasteiger partial charge in [0.15, 0.2) is 0 Å². The summed E-state index contributed by atoms with van der Waals surface area (Å²) in [5, 5.41) is 5.93. The highest BCUT2D eigenvalue weighted by Crippen LogP contribution is 2.17. The number of halogens is 1. The minimum Gasteiger partial charge on any atom is -0.353 e. The summed E-state index contributed by atoms with van der Waals surface area (Å²) in [5.41, 5.74) is -0.143. The third-order valence-corrected chi connectivity index (χ3v) is 2.93. The molecule has 0 radical (unpaired) electrons. The molecule has 1 aromatic carbocycles. The van der Waals surface area contributed by atoms with Gasteiger partial charge < -0.3 is 10.6 Å². The van der Waals surface area contributed by atoms with Gasteiger partial charge in [0.2, 0.25) is 5.91 Å². The molecule has 1 saturated heterocycles. The van der Waals surface area contributed by atoms with Crippen LogP contribution in [0.1, 0.15) is 12.5 Å². The topological polar surface area (TPSA) is 41.1 Å². The molecule has 2 N–H and O–H groups in total. The van der Waals surface area contributed by atoms with Crippen LogP contribution in [-0.4, -0.2) is 24.5 Å². The Morgan fingerprint density at radius 2 is 2.12 bits per heavy atom. The maximum atomic E-state index is 13.5. The lowest BCUT2D eigenvalue weighted by Gasteiger charge is -2.34. The van der Waals surface area contributed by atoms with Gasteiger partial charge in [-0.3, -0.25) is 4.79 Å². The Morgan fingerprint density at radius 1 is 1.38 bits per heavy atom. The van der Waals surface area contributed by atoms with Gasteiger partial charge in [0.25, 0.3) is 0 Å². The van der Waals surface area contributed by atoms with Gasteiger partial charge >= 0.3 is 0 Å². The van der Waals surface area contributed by atoms with Gasteiger partial charge in [0.1, 0.15) is 5.82 Å². The standard InChI is InChI=1S/C12H15FN2O/c1-12(11(16)14-6-7-15-12)8-9-4-2-3-5-10(9)13/h2-5,15H,6-8H2,1H3,(H,14,16). The first-order chi connectivity index (χ1) is 7.62. The molecule has 1 aliphatic rings. The summed E-state index contributed by atoms with van der Waals surface area (Å²) in [7, 11) is 0. The van der Waals surface area contributed by atoms with Gasteiger partial charge in [-0.15, -0.1) is 0 Å². The number of hydrogen-bond acceptors (Lipinski definition) is 2. The first-order valence-electron chi connectivity index (χ1n) is 5.38. The summed E-state index contributed by atoms with van der Waals surface area (Å²) >= 11 is 0. The predicted octanol–water partition coefficient (Wildman–Crippen LogP) is 0.846. The predicted molar refractivity (Wildman–Crippen MR) is 59.5 cm³/mol. The van der Waals surface area contributed by atoms with Crippen LogP contribution in [0.4, 0.5) is 4.39 Å². The van der Waals surface area contributed by atoms with Crippen molar-refractivity contribution in [3.05, 3.63) is 35.6 Å². The summed E-state index contributed by atoms with van der Waals surface area (Å²) in [4.78, 5) is 11.7. The Bertz CT molecular complexity index is 408. The number of hydrogen-bond donors (Lipinski definition) is 2. The fraction of sp³-hybridized carbons (Fsp3) is 0.417. The fourth-order valence-corrected chi connectivity index (χ4v) is 1.96. The summed E-state index contributed by atoms with van der Waals surface area (Å²) in [6.07, 6.45) is 0.367. The largest absolute Gasteiger partial charge is 0.353 e. The van der Waals surface area contributed by atoms with Crippen molar-refractivity contribution in [2.75, 3.05) is 13.1 Å². The molecule has 4 heteroatoms. The van der Waals surface area contributed by atoms with Crippen LogP contribution in [0, 0.1) is 5.82 Å². The average Bonchev–Trinajstić information content (AvgIpc) is 2.26. The van der Waals surface area contributed by atoms with Crippen LogP contribution in [0.25, 0.3) is 0 Å². The van der Waals surface area contributed by atoms with E-state index in [0.29, 0.717) is 18.5 Å². The van der Waals surface area contributed by atoms with Crippen LogP contribution in [0.15, 0.2) is 24.3 Å². The molecular weight excluding hydrogens is 207 g/mol. The van der Waals surface area contributed by atoms with E-state index in [1.165, 1.54) is 6.07 Å². The maximum Gasteiger partial charge on any atom is 0.240 e. The van der Waals surface area contributed by atoms with Crippen LogP contribution >= 0.6 is 0 Å². The van der Waals surface area contributed by atoms with E-state index in [1.807, 2.05) is 0 Å². The first kappa shape index (κ1) is 11.1. The van der Waals surface area contributed by atoms with Crippen molar-refractivity contribution in [1.82, 2.24) is 10.6 Å². The summed E-state index contributed by atoms with van der Waals surface area (Å²) in [6.45, 7) is 3.15. The second-order valence-corrected chi connectivity index (χ2v) is 4.28. The number of nitrogens with one attached hydrogen (secondary N) is 2. The van der Waals surface area contributed by atoms with Crippen molar-refractivity contribution in [3.63, 3.8) is 0 Å². The first-order valence-corrected chi connectivity index (χ1v) is 5.38. The van der Waals surface area contributed by atoms with Crippen LogP contribution in [-0.2, 0) is 11.2 Å². The third-order valence-electron chi connectivity index (χ3n) is 2.93. The molecule has 1 amide bonds. The quantitative estimate of drug-likeness (QED) is 0.778. The van der Waals surface area contributed by atoms with E-state index in [9.17, 15) is 9.18 Å². The lowest BCUT2D eigenvalue weighted by molar-refractivity contribution is -0.128. The van der Waals surface area contributed by atoms with Crippen molar-refractivity contribution in [3.8, 4) is 0 Å². The van der Waals surface area contributed by atoms with E-state index in [2.05, 4.69) is 10.6 Å². The van der Waals surface area contributed by atoms with E-state index in [4.69, 9.17) is 0 Å². The van der Waals surface area contributed by atoms with Gasteiger partial charge in [-0.1, -0.05) is 18.2 Å². The van der Waals surface area contributed by atoms with Crippen molar-refractivity contribution in [2.45, 2.75) is 18.9 Å². The van der Waals surface area contributed by atoms with Gasteiger partial charge in [0, 0.05) is 19.5 Å². The SMILES string of the molecule is CC1(Cc2ccccc2F)NCCNC1=O. The molecular formula is C12H15FN2O. The van der Waals surface area contributed by atoms with Crippen molar-refractivity contribution in [1.29, 1.82) is 0 Å². The molecule has 1 fully saturated rings. The molecule has 3 nitrogen and oxygen atoms in total. The second kappa shape index (κ2) is 4.22. The summed E-state index contributed by atoms with van der Waals surface area (Å²) in [6, 6.07) is 6.56. The molecule has 1 heterocycles. The highest BCUT2D eigenvalue weighted by molar-refractivity contribution is 5.87. The number of carbonyl (C=O) groups is 1. The van der Waals surface area contributed by atoms with Crippen LogP contribution < -0.4 is 10.6 Å². The molecule has 0 aliphatic carbocycles. The Hall–Kier alpha value is -1.42. The van der Waals surface area contributed by atoms with Gasteiger partial charge in [-0.25, -0.2) is 4.39 Å². The van der Waals surface area contributed by atoms with Crippen LogP contribution in [0.2, 0.25) is 0 Å². The lowest BCUT2D eigenvalue weighted by Crippen LogP contribution is -2.62. The van der Waals surface area contributed by atoms with E-state index in [0.717, 1.165) is 6.54 Å². The number of piperazine rings is 1. The minimum atomic E-state index is -0.708. The van der Waals surface area contributed by atoms with Gasteiger partial charge in [0.05, 0.1) is 5.54 Å². The summed E-state index contributed by atoms with van der Waals surface area (Å²) in [5.74, 6) is -0.328. The smallest absolute Gasteiger partial charge is 0.240 e. The molecule has 0 saturated carbocycles. The highest BCUT2D eigenvalue weighted by atomic mass is 19.1. The molecule has 16 heavy (non-hydrogen) atoms. The van der Waals surface area contributed by atoms with E-state index in [1.54, 1.807) is 25.1 Å². The molecule has 0 bridgehead atoms. The molecule has 1 atom stereocenters. The fourth-order valence-electron chi connectivity index (χ4n) is 1.96. The Labute approximate surface area is 94.0 Å². The van der Waals surface area contributed by atoms with Crippen LogP contribution in [0.5, 0.6) is 0 Å². The third kappa shape index (κ3) is 2.07. The van der Waals surface area contributed by atoms with E-state index >= 15 is 0 Å². The lowest BCUT2D eigenvalue weighted by atomic mass is 9.90. The molecule has 1 unspecified atom stereocenters. The minimum absolute atomic E-state index is 0.0676.